The predicted molar refractivity (Wildman–Crippen MR) is 141 cm³/mol. The monoisotopic (exact) mass is 519 g/mol. The molecule has 1 atom stereocenters. The minimum Gasteiger partial charge on any atom is -0.506 e. The van der Waals surface area contributed by atoms with Crippen molar-refractivity contribution in [3.63, 3.8) is 0 Å². The first kappa shape index (κ1) is 27.8. The zero-order chi connectivity index (χ0) is 26.7. The number of rotatable bonds is 11. The van der Waals surface area contributed by atoms with Crippen molar-refractivity contribution < 1.29 is 28.2 Å². The molecule has 1 aliphatic rings. The fraction of sp³-hybridized carbons (Fsp3) is 0.500. The molecule has 1 heterocycles. The van der Waals surface area contributed by atoms with Crippen molar-refractivity contribution in [3.8, 4) is 5.75 Å². The number of phenols is 1. The van der Waals surface area contributed by atoms with Gasteiger partial charge in [-0.25, -0.2) is 13.2 Å². The number of para-hydroxylation sites is 1. The normalized spacial score (nSPS) is 16.3. The number of carbonyl (C=O) groups is 1. The van der Waals surface area contributed by atoms with Crippen molar-refractivity contribution in [2.45, 2.75) is 64.3 Å². The van der Waals surface area contributed by atoms with Gasteiger partial charge in [0.15, 0.2) is 5.72 Å². The summed E-state index contributed by atoms with van der Waals surface area (Å²) in [7, 11) is -3.58. The van der Waals surface area contributed by atoms with E-state index in [0.29, 0.717) is 36.9 Å². The van der Waals surface area contributed by atoms with E-state index >= 15 is 0 Å². The molecule has 1 aliphatic heterocycles. The molecule has 9 nitrogen and oxygen atoms in total. The number of fused-ring (bicyclic) bond motifs is 1. The third kappa shape index (κ3) is 6.29. The van der Waals surface area contributed by atoms with Crippen LogP contribution in [0, 0.1) is 0 Å². The summed E-state index contributed by atoms with van der Waals surface area (Å²) in [4.78, 5) is 14.8. The molecule has 0 saturated heterocycles. The number of β-amino-alcohol motifs (C(OH)–C–C–N with tert-alkyl or cyclic N) is 1. The maximum Gasteiger partial charge on any atom is 0.342 e. The summed E-state index contributed by atoms with van der Waals surface area (Å²) in [6.07, 6.45) is 2.07. The lowest BCUT2D eigenvalue weighted by Crippen LogP contribution is -2.56. The van der Waals surface area contributed by atoms with Crippen LogP contribution in [0.4, 0.5) is 11.4 Å². The molecule has 0 saturated carbocycles. The Morgan fingerprint density at radius 1 is 1.14 bits per heavy atom. The largest absolute Gasteiger partial charge is 0.506 e. The Kier molecular flexibility index (Phi) is 8.22. The standard InChI is InChI=1S/C26H37N3O6S/c1-6-26(7-2)29(21-11-9-8-10-19(21)24(32)35-26)15-14-25(3,4)27-17-23(31)18-12-13-22(30)20(16-18)28-36(5,33)34/h8-13,16,23,27-28,30-31H,6-7,14-15,17H2,1-5H3/t23-/m0/s1. The van der Waals surface area contributed by atoms with Crippen LogP contribution in [0.25, 0.3) is 0 Å². The molecule has 0 aromatic heterocycles. The van der Waals surface area contributed by atoms with Crippen LogP contribution in [0.1, 0.15) is 69.0 Å². The second kappa shape index (κ2) is 10.7. The Morgan fingerprint density at radius 2 is 1.81 bits per heavy atom. The minimum absolute atomic E-state index is 0.0158. The number of hydrogen-bond acceptors (Lipinski definition) is 8. The van der Waals surface area contributed by atoms with Gasteiger partial charge in [0.05, 0.1) is 29.3 Å². The van der Waals surface area contributed by atoms with Gasteiger partial charge in [-0.1, -0.05) is 32.0 Å². The van der Waals surface area contributed by atoms with Crippen LogP contribution in [0.3, 0.4) is 0 Å². The molecule has 2 aromatic carbocycles. The lowest BCUT2D eigenvalue weighted by molar-refractivity contribution is -0.0304. The van der Waals surface area contributed by atoms with Crippen LogP contribution in [0.2, 0.25) is 0 Å². The molecule has 198 valence electrons. The molecular formula is C26H37N3O6S. The second-order valence-electron chi connectivity index (χ2n) is 9.89. The van der Waals surface area contributed by atoms with Gasteiger partial charge in [0.1, 0.15) is 5.75 Å². The number of esters is 1. The van der Waals surface area contributed by atoms with E-state index in [4.69, 9.17) is 4.74 Å². The van der Waals surface area contributed by atoms with Crippen LogP contribution in [-0.2, 0) is 14.8 Å². The fourth-order valence-electron chi connectivity index (χ4n) is 4.50. The number of sulfonamides is 1. The molecule has 0 radical (unpaired) electrons. The van der Waals surface area contributed by atoms with Crippen molar-refractivity contribution in [3.05, 3.63) is 53.6 Å². The maximum absolute atomic E-state index is 12.7. The molecule has 0 aliphatic carbocycles. The highest BCUT2D eigenvalue weighted by atomic mass is 32.2. The lowest BCUT2D eigenvalue weighted by Gasteiger charge is -2.48. The van der Waals surface area contributed by atoms with Gasteiger partial charge in [0.25, 0.3) is 0 Å². The zero-order valence-electron chi connectivity index (χ0n) is 21.5. The van der Waals surface area contributed by atoms with E-state index < -0.39 is 21.9 Å². The number of carbonyl (C=O) groups excluding carboxylic acids is 1. The van der Waals surface area contributed by atoms with Gasteiger partial charge < -0.3 is 25.2 Å². The van der Waals surface area contributed by atoms with Crippen LogP contribution >= 0.6 is 0 Å². The molecule has 2 aromatic rings. The Morgan fingerprint density at radius 3 is 2.44 bits per heavy atom. The molecule has 36 heavy (non-hydrogen) atoms. The van der Waals surface area contributed by atoms with Crippen molar-refractivity contribution in [1.29, 1.82) is 0 Å². The lowest BCUT2D eigenvalue weighted by atomic mass is 9.94. The zero-order valence-corrected chi connectivity index (χ0v) is 22.4. The molecule has 10 heteroatoms. The number of cyclic esters (lactones) is 1. The molecular weight excluding hydrogens is 482 g/mol. The number of nitrogens with zero attached hydrogens (tertiary/aromatic N) is 1. The summed E-state index contributed by atoms with van der Waals surface area (Å²) >= 11 is 0. The van der Waals surface area contributed by atoms with E-state index in [2.05, 4.69) is 14.9 Å². The SMILES string of the molecule is CCC1(CC)OC(=O)c2ccccc2N1CCC(C)(C)NC[C@H](O)c1ccc(O)c(NS(C)(=O)=O)c1. The highest BCUT2D eigenvalue weighted by Crippen LogP contribution is 2.39. The smallest absolute Gasteiger partial charge is 0.342 e. The van der Waals surface area contributed by atoms with E-state index in [-0.39, 0.29) is 29.5 Å². The number of phenolic OH excluding ortho intramolecular Hbond substituents is 1. The summed E-state index contributed by atoms with van der Waals surface area (Å²) in [6.45, 7) is 8.95. The highest BCUT2D eigenvalue weighted by Gasteiger charge is 2.43. The Balaban J connectivity index is 1.70. The van der Waals surface area contributed by atoms with Crippen LogP contribution in [0.15, 0.2) is 42.5 Å². The van der Waals surface area contributed by atoms with Crippen molar-refractivity contribution in [2.24, 2.45) is 0 Å². The molecule has 4 N–H and O–H groups in total. The van der Waals surface area contributed by atoms with Crippen molar-refractivity contribution in [2.75, 3.05) is 29.0 Å². The van der Waals surface area contributed by atoms with Crippen LogP contribution in [0.5, 0.6) is 5.75 Å². The number of ether oxygens (including phenoxy) is 1. The van der Waals surface area contributed by atoms with Gasteiger partial charge in [-0.05, 0) is 50.1 Å². The molecule has 0 unspecified atom stereocenters. The Hall–Kier alpha value is -2.82. The average molecular weight is 520 g/mol. The summed E-state index contributed by atoms with van der Waals surface area (Å²) in [5.74, 6) is -0.521. The fourth-order valence-corrected chi connectivity index (χ4v) is 5.06. The van der Waals surface area contributed by atoms with Gasteiger partial charge >= 0.3 is 5.97 Å². The summed E-state index contributed by atoms with van der Waals surface area (Å²) < 4.78 is 31.3. The van der Waals surface area contributed by atoms with E-state index in [1.165, 1.54) is 12.1 Å². The first-order chi connectivity index (χ1) is 16.8. The summed E-state index contributed by atoms with van der Waals surface area (Å²) in [5, 5.41) is 24.1. The number of hydrogen-bond donors (Lipinski definition) is 4. The quantitative estimate of drug-likeness (QED) is 0.261. The molecule has 0 fully saturated rings. The number of anilines is 2. The maximum atomic E-state index is 12.7. The van der Waals surface area contributed by atoms with Gasteiger partial charge in [-0.15, -0.1) is 0 Å². The highest BCUT2D eigenvalue weighted by molar-refractivity contribution is 7.92. The number of aromatic hydroxyl groups is 1. The second-order valence-corrected chi connectivity index (χ2v) is 11.6. The third-order valence-electron chi connectivity index (χ3n) is 6.73. The van der Waals surface area contributed by atoms with Gasteiger partial charge in [-0.3, -0.25) is 4.72 Å². The van der Waals surface area contributed by atoms with E-state index in [0.717, 1.165) is 11.9 Å². The van der Waals surface area contributed by atoms with Crippen molar-refractivity contribution in [1.82, 2.24) is 5.32 Å². The van der Waals surface area contributed by atoms with E-state index in [9.17, 15) is 23.4 Å². The molecule has 0 amide bonds. The first-order valence-corrected chi connectivity index (χ1v) is 14.0. The van der Waals surface area contributed by atoms with E-state index in [1.54, 1.807) is 12.1 Å². The van der Waals surface area contributed by atoms with Crippen LogP contribution < -0.4 is 14.9 Å². The molecule has 0 bridgehead atoms. The van der Waals surface area contributed by atoms with E-state index in [1.807, 2.05) is 45.9 Å². The number of aliphatic hydroxyl groups is 1. The number of nitrogens with one attached hydrogen (secondary N) is 2. The Labute approximate surface area is 213 Å². The van der Waals surface area contributed by atoms with Gasteiger partial charge in [0.2, 0.25) is 10.0 Å². The topological polar surface area (TPSA) is 128 Å². The van der Waals surface area contributed by atoms with Gasteiger partial charge in [-0.2, -0.15) is 0 Å². The summed E-state index contributed by atoms with van der Waals surface area (Å²) in [5.41, 5.74) is 0.813. The van der Waals surface area contributed by atoms with Crippen molar-refractivity contribution >= 4 is 27.4 Å². The predicted octanol–water partition coefficient (Wildman–Crippen LogP) is 3.75. The minimum atomic E-state index is -3.58. The molecule has 0 spiro atoms. The van der Waals surface area contributed by atoms with Gasteiger partial charge in [0, 0.05) is 31.5 Å². The van der Waals surface area contributed by atoms with Crippen LogP contribution in [-0.4, -0.2) is 55.2 Å². The number of aliphatic hydroxyl groups excluding tert-OH is 1. The Bertz CT molecular complexity index is 1190. The molecule has 3 rings (SSSR count). The number of benzene rings is 2. The average Bonchev–Trinajstić information content (AvgIpc) is 2.82. The summed E-state index contributed by atoms with van der Waals surface area (Å²) in [6, 6.07) is 11.8. The third-order valence-corrected chi connectivity index (χ3v) is 7.32. The first-order valence-electron chi connectivity index (χ1n) is 12.1.